The molecule has 0 radical (unpaired) electrons. The molecule has 0 bridgehead atoms. The summed E-state index contributed by atoms with van der Waals surface area (Å²) in [6, 6.07) is 0. The summed E-state index contributed by atoms with van der Waals surface area (Å²) in [7, 11) is 1.30. The first kappa shape index (κ1) is 8.97. The van der Waals surface area contributed by atoms with Crippen molar-refractivity contribution in [2.75, 3.05) is 7.11 Å². The van der Waals surface area contributed by atoms with E-state index < -0.39 is 5.91 Å². The second kappa shape index (κ2) is 3.90. The molecular formula is C5H7ClN2O2. The maximum atomic E-state index is 10.3. The van der Waals surface area contributed by atoms with Gasteiger partial charge in [0.25, 0.3) is 5.91 Å². The maximum Gasteiger partial charge on any atom is 0.264 e. The van der Waals surface area contributed by atoms with E-state index in [-0.39, 0.29) is 10.8 Å². The van der Waals surface area contributed by atoms with Gasteiger partial charge in [0, 0.05) is 0 Å². The van der Waals surface area contributed by atoms with Crippen LogP contribution in [0, 0.1) is 5.41 Å². The molecule has 0 atom stereocenters. The lowest BCUT2D eigenvalue weighted by Crippen LogP contribution is -2.13. The van der Waals surface area contributed by atoms with Gasteiger partial charge in [-0.2, -0.15) is 0 Å². The fourth-order valence-corrected chi connectivity index (χ4v) is 0.465. The van der Waals surface area contributed by atoms with Crippen molar-refractivity contribution in [3.8, 4) is 0 Å². The summed E-state index contributed by atoms with van der Waals surface area (Å²) in [6.07, 6.45) is 0.813. The van der Waals surface area contributed by atoms with Gasteiger partial charge >= 0.3 is 0 Å². The number of ether oxygens (including phenoxy) is 1. The third kappa shape index (κ3) is 2.06. The lowest BCUT2D eigenvalue weighted by Gasteiger charge is -1.98. The number of amides is 1. The van der Waals surface area contributed by atoms with E-state index in [0.29, 0.717) is 0 Å². The first-order valence-electron chi connectivity index (χ1n) is 2.37. The minimum Gasteiger partial charge on any atom is -0.493 e. The topological polar surface area (TPSA) is 76.2 Å². The molecule has 0 saturated heterocycles. The van der Waals surface area contributed by atoms with Crippen LogP contribution < -0.4 is 5.73 Å². The largest absolute Gasteiger partial charge is 0.493 e. The van der Waals surface area contributed by atoms with E-state index >= 15 is 0 Å². The zero-order chi connectivity index (χ0) is 8.15. The molecule has 0 aromatic carbocycles. The van der Waals surface area contributed by atoms with Gasteiger partial charge in [0.2, 0.25) is 0 Å². The number of halogens is 1. The summed E-state index contributed by atoms with van der Waals surface area (Å²) < 4.78 is 4.53. The Labute approximate surface area is 63.1 Å². The van der Waals surface area contributed by atoms with Gasteiger partial charge in [0.1, 0.15) is 5.03 Å². The molecule has 0 rings (SSSR count). The maximum absolute atomic E-state index is 10.3. The van der Waals surface area contributed by atoms with E-state index in [9.17, 15) is 4.79 Å². The Morgan fingerprint density at radius 3 is 2.40 bits per heavy atom. The van der Waals surface area contributed by atoms with Crippen LogP contribution in [0.25, 0.3) is 0 Å². The molecule has 0 aliphatic carbocycles. The minimum absolute atomic E-state index is 0.0332. The lowest BCUT2D eigenvalue weighted by atomic mass is 10.4. The van der Waals surface area contributed by atoms with Crippen molar-refractivity contribution >= 4 is 23.7 Å². The molecule has 5 heteroatoms. The number of carbonyl (C=O) groups is 1. The predicted octanol–water partition coefficient (Wildman–Crippen LogP) is 0.218. The third-order valence-electron chi connectivity index (χ3n) is 0.784. The van der Waals surface area contributed by atoms with E-state index in [4.69, 9.17) is 22.7 Å². The number of methoxy groups -OCH3 is 1. The Balaban J connectivity index is 4.59. The van der Waals surface area contributed by atoms with Gasteiger partial charge in [0.15, 0.2) is 5.76 Å². The number of nitrogens with one attached hydrogen (secondary N) is 1. The SMILES string of the molecule is CO/C(C=N)=C(\Cl)C(N)=O. The molecule has 0 aliphatic heterocycles. The van der Waals surface area contributed by atoms with Gasteiger partial charge in [-0.3, -0.25) is 4.79 Å². The summed E-state index contributed by atoms with van der Waals surface area (Å²) in [5, 5.41) is 6.42. The standard InChI is InChI=1S/C5H7ClN2O2/c1-10-3(2-7)4(6)5(8)9/h2,7H,1H3,(H2,8,9)/b4-3-,7-2?. The van der Waals surface area contributed by atoms with Gasteiger partial charge in [-0.25, -0.2) is 0 Å². The highest BCUT2D eigenvalue weighted by Gasteiger charge is 2.06. The Bertz CT molecular complexity index is 188. The van der Waals surface area contributed by atoms with E-state index in [2.05, 4.69) is 4.74 Å². The van der Waals surface area contributed by atoms with Crippen molar-refractivity contribution in [2.24, 2.45) is 5.73 Å². The number of rotatable bonds is 3. The molecule has 10 heavy (non-hydrogen) atoms. The van der Waals surface area contributed by atoms with Crippen LogP contribution in [0.1, 0.15) is 0 Å². The smallest absolute Gasteiger partial charge is 0.264 e. The number of nitrogens with two attached hydrogens (primary N) is 1. The van der Waals surface area contributed by atoms with Gasteiger partial charge in [0.05, 0.1) is 13.3 Å². The quantitative estimate of drug-likeness (QED) is 0.354. The molecule has 0 aliphatic rings. The number of hydrogen-bond donors (Lipinski definition) is 2. The van der Waals surface area contributed by atoms with E-state index in [1.165, 1.54) is 7.11 Å². The van der Waals surface area contributed by atoms with Crippen LogP contribution >= 0.6 is 11.6 Å². The van der Waals surface area contributed by atoms with Gasteiger partial charge in [-0.05, 0) is 0 Å². The summed E-state index contributed by atoms with van der Waals surface area (Å²) in [6.45, 7) is 0. The molecule has 0 aromatic heterocycles. The molecule has 0 spiro atoms. The zero-order valence-corrected chi connectivity index (χ0v) is 6.11. The summed E-state index contributed by atoms with van der Waals surface area (Å²) >= 11 is 5.31. The Kier molecular flexibility index (Phi) is 3.49. The molecule has 0 aromatic rings. The highest BCUT2D eigenvalue weighted by molar-refractivity contribution is 6.43. The van der Waals surface area contributed by atoms with Crippen molar-refractivity contribution in [2.45, 2.75) is 0 Å². The van der Waals surface area contributed by atoms with Crippen LogP contribution in [0.15, 0.2) is 10.8 Å². The van der Waals surface area contributed by atoms with Crippen molar-refractivity contribution in [1.82, 2.24) is 0 Å². The average Bonchev–Trinajstić information content (AvgIpc) is 1.90. The summed E-state index contributed by atoms with van der Waals surface area (Å²) in [4.78, 5) is 10.3. The molecule has 0 heterocycles. The molecular weight excluding hydrogens is 156 g/mol. The first-order valence-corrected chi connectivity index (χ1v) is 2.75. The number of primary amides is 1. The van der Waals surface area contributed by atoms with E-state index in [0.717, 1.165) is 6.21 Å². The third-order valence-corrected chi connectivity index (χ3v) is 1.16. The van der Waals surface area contributed by atoms with Crippen LogP contribution in [-0.2, 0) is 9.53 Å². The van der Waals surface area contributed by atoms with Crippen molar-refractivity contribution in [1.29, 1.82) is 5.41 Å². The Morgan fingerprint density at radius 1 is 1.80 bits per heavy atom. The van der Waals surface area contributed by atoms with E-state index in [1.807, 2.05) is 0 Å². The number of allylic oxidation sites excluding steroid dienone is 1. The first-order chi connectivity index (χ1) is 4.63. The molecule has 3 N–H and O–H groups in total. The monoisotopic (exact) mass is 162 g/mol. The normalized spacial score (nSPS) is 11.8. The Hall–Kier alpha value is -1.03. The van der Waals surface area contributed by atoms with Crippen LogP contribution in [0.3, 0.4) is 0 Å². The van der Waals surface area contributed by atoms with Crippen LogP contribution in [0.2, 0.25) is 0 Å². The van der Waals surface area contributed by atoms with Crippen molar-refractivity contribution in [3.05, 3.63) is 10.8 Å². The van der Waals surface area contributed by atoms with Crippen molar-refractivity contribution < 1.29 is 9.53 Å². The van der Waals surface area contributed by atoms with E-state index in [1.54, 1.807) is 0 Å². The van der Waals surface area contributed by atoms with Gasteiger partial charge < -0.3 is 15.9 Å². The van der Waals surface area contributed by atoms with Crippen molar-refractivity contribution in [3.63, 3.8) is 0 Å². The summed E-state index contributed by atoms with van der Waals surface area (Å²) in [5.41, 5.74) is 4.78. The van der Waals surface area contributed by atoms with Gasteiger partial charge in [-0.15, -0.1) is 0 Å². The average molecular weight is 163 g/mol. The fourth-order valence-electron chi connectivity index (χ4n) is 0.333. The second-order valence-corrected chi connectivity index (χ2v) is 1.77. The number of hydrogen-bond acceptors (Lipinski definition) is 3. The number of carbonyl (C=O) groups excluding carboxylic acids is 1. The molecule has 4 nitrogen and oxygen atoms in total. The van der Waals surface area contributed by atoms with Gasteiger partial charge in [-0.1, -0.05) is 11.6 Å². The molecule has 1 amide bonds. The summed E-state index contributed by atoms with van der Waals surface area (Å²) in [5.74, 6) is -0.837. The van der Waals surface area contributed by atoms with Crippen LogP contribution in [-0.4, -0.2) is 19.2 Å². The fraction of sp³-hybridized carbons (Fsp3) is 0.200. The molecule has 0 unspecified atom stereocenters. The molecule has 0 fully saturated rings. The zero-order valence-electron chi connectivity index (χ0n) is 5.35. The van der Waals surface area contributed by atoms with Crippen LogP contribution in [0.5, 0.6) is 0 Å². The highest BCUT2D eigenvalue weighted by Crippen LogP contribution is 2.06. The van der Waals surface area contributed by atoms with Crippen LogP contribution in [0.4, 0.5) is 0 Å². The predicted molar refractivity (Wildman–Crippen MR) is 37.9 cm³/mol. The molecule has 56 valence electrons. The minimum atomic E-state index is -0.804. The molecule has 0 saturated carbocycles. The highest BCUT2D eigenvalue weighted by atomic mass is 35.5. The second-order valence-electron chi connectivity index (χ2n) is 1.39. The Morgan fingerprint density at radius 2 is 2.30 bits per heavy atom. The lowest BCUT2D eigenvalue weighted by molar-refractivity contribution is -0.114.